The Morgan fingerprint density at radius 1 is 1.35 bits per heavy atom. The first-order chi connectivity index (χ1) is 9.26. The lowest BCUT2D eigenvalue weighted by atomic mass is 9.79. The van der Waals surface area contributed by atoms with E-state index in [0.29, 0.717) is 19.4 Å². The molecule has 1 saturated carbocycles. The SMILES string of the molecule is CC(C)(C)OC(=O)N1CC=CC[C@]2(C(=O)O)CCC[C@H]12. The number of fused-ring (bicyclic) bond motifs is 1. The first kappa shape index (κ1) is 14.9. The summed E-state index contributed by atoms with van der Waals surface area (Å²) in [6.45, 7) is 5.88. The summed E-state index contributed by atoms with van der Waals surface area (Å²) in [5.41, 5.74) is -1.42. The van der Waals surface area contributed by atoms with E-state index in [1.807, 2.05) is 32.9 Å². The second kappa shape index (κ2) is 5.11. The number of carbonyl (C=O) groups is 2. The van der Waals surface area contributed by atoms with Crippen LogP contribution in [0.25, 0.3) is 0 Å². The monoisotopic (exact) mass is 281 g/mol. The van der Waals surface area contributed by atoms with Crippen molar-refractivity contribution >= 4 is 12.1 Å². The predicted octanol–water partition coefficient (Wildman–Crippen LogP) is 2.81. The molecule has 0 radical (unpaired) electrons. The molecule has 5 nitrogen and oxygen atoms in total. The van der Waals surface area contributed by atoms with E-state index in [1.54, 1.807) is 4.90 Å². The molecule has 2 atom stereocenters. The summed E-state index contributed by atoms with van der Waals surface area (Å²) >= 11 is 0. The zero-order chi connectivity index (χ0) is 15.0. The number of nitrogens with zero attached hydrogens (tertiary/aromatic N) is 1. The second-order valence-corrected chi connectivity index (χ2v) is 6.68. The number of hydrogen-bond donors (Lipinski definition) is 1. The lowest BCUT2D eigenvalue weighted by Crippen LogP contribution is -2.51. The van der Waals surface area contributed by atoms with Gasteiger partial charge in [-0.25, -0.2) is 4.79 Å². The Morgan fingerprint density at radius 2 is 2.05 bits per heavy atom. The quantitative estimate of drug-likeness (QED) is 0.750. The molecule has 1 aliphatic carbocycles. The molecule has 112 valence electrons. The third-order valence-corrected chi connectivity index (χ3v) is 4.12. The van der Waals surface area contributed by atoms with Gasteiger partial charge in [-0.3, -0.25) is 4.79 Å². The van der Waals surface area contributed by atoms with Crippen LogP contribution in [0.4, 0.5) is 4.79 Å². The average molecular weight is 281 g/mol. The van der Waals surface area contributed by atoms with Crippen molar-refractivity contribution < 1.29 is 19.4 Å². The van der Waals surface area contributed by atoms with Gasteiger partial charge in [-0.15, -0.1) is 0 Å². The molecule has 0 aromatic carbocycles. The molecule has 2 aliphatic rings. The standard InChI is InChI=1S/C15H23NO4/c1-14(2,3)20-13(19)16-10-5-4-8-15(12(17)18)9-6-7-11(15)16/h4-5,11H,6-10H2,1-3H3,(H,17,18)/t11-,15-/m0/s1. The first-order valence-corrected chi connectivity index (χ1v) is 7.14. The number of ether oxygens (including phenoxy) is 1. The summed E-state index contributed by atoms with van der Waals surface area (Å²) in [5.74, 6) is -0.805. The fourth-order valence-electron chi connectivity index (χ4n) is 3.21. The van der Waals surface area contributed by atoms with Crippen molar-refractivity contribution in [1.82, 2.24) is 4.90 Å². The number of carbonyl (C=O) groups excluding carboxylic acids is 1. The van der Waals surface area contributed by atoms with E-state index < -0.39 is 23.1 Å². The summed E-state index contributed by atoms with van der Waals surface area (Å²) in [6, 6.07) is -0.273. The van der Waals surface area contributed by atoms with Gasteiger partial charge in [0.15, 0.2) is 0 Å². The minimum atomic E-state index is -0.843. The van der Waals surface area contributed by atoms with Crippen molar-refractivity contribution in [1.29, 1.82) is 0 Å². The topological polar surface area (TPSA) is 66.8 Å². The third kappa shape index (κ3) is 2.67. The van der Waals surface area contributed by atoms with Crippen LogP contribution in [-0.2, 0) is 9.53 Å². The Hall–Kier alpha value is -1.52. The summed E-state index contributed by atoms with van der Waals surface area (Å²) in [7, 11) is 0. The van der Waals surface area contributed by atoms with Crippen LogP contribution in [-0.4, -0.2) is 40.3 Å². The molecule has 1 N–H and O–H groups in total. The number of rotatable bonds is 1. The Balaban J connectivity index is 2.27. The molecule has 1 fully saturated rings. The number of allylic oxidation sites excluding steroid dienone is 1. The third-order valence-electron chi connectivity index (χ3n) is 4.12. The van der Waals surface area contributed by atoms with Crippen LogP contribution in [0.15, 0.2) is 12.2 Å². The molecular weight excluding hydrogens is 258 g/mol. The lowest BCUT2D eigenvalue weighted by molar-refractivity contribution is -0.151. The van der Waals surface area contributed by atoms with Gasteiger partial charge in [-0.1, -0.05) is 18.6 Å². The first-order valence-electron chi connectivity index (χ1n) is 7.14. The highest BCUT2D eigenvalue weighted by Crippen LogP contribution is 2.46. The molecule has 0 bridgehead atoms. The maximum absolute atomic E-state index is 12.4. The van der Waals surface area contributed by atoms with Crippen LogP contribution in [0.2, 0.25) is 0 Å². The second-order valence-electron chi connectivity index (χ2n) is 6.68. The van der Waals surface area contributed by atoms with Crippen molar-refractivity contribution in [3.8, 4) is 0 Å². The number of amides is 1. The van der Waals surface area contributed by atoms with Gasteiger partial charge in [0.05, 0.1) is 11.5 Å². The normalized spacial score (nSPS) is 29.8. The highest BCUT2D eigenvalue weighted by Gasteiger charge is 2.53. The molecule has 1 heterocycles. The smallest absolute Gasteiger partial charge is 0.410 e. The number of carboxylic acids is 1. The molecular formula is C15H23NO4. The fraction of sp³-hybridized carbons (Fsp3) is 0.733. The van der Waals surface area contributed by atoms with E-state index in [1.165, 1.54) is 0 Å². The summed E-state index contributed by atoms with van der Waals surface area (Å²) < 4.78 is 5.43. The maximum atomic E-state index is 12.4. The van der Waals surface area contributed by atoms with Gasteiger partial charge in [0.2, 0.25) is 0 Å². The van der Waals surface area contributed by atoms with E-state index in [2.05, 4.69) is 0 Å². The van der Waals surface area contributed by atoms with Crippen molar-refractivity contribution in [2.45, 2.75) is 58.1 Å². The fourth-order valence-corrected chi connectivity index (χ4v) is 3.21. The molecule has 20 heavy (non-hydrogen) atoms. The summed E-state index contributed by atoms with van der Waals surface area (Å²) in [5, 5.41) is 9.64. The molecule has 0 spiro atoms. The largest absolute Gasteiger partial charge is 0.481 e. The van der Waals surface area contributed by atoms with E-state index in [-0.39, 0.29) is 6.04 Å². The highest BCUT2D eigenvalue weighted by atomic mass is 16.6. The Bertz CT molecular complexity index is 438. The van der Waals surface area contributed by atoms with Gasteiger partial charge in [0.25, 0.3) is 0 Å². The molecule has 1 aliphatic heterocycles. The summed E-state index contributed by atoms with van der Waals surface area (Å²) in [4.78, 5) is 25.7. The van der Waals surface area contributed by atoms with Gasteiger partial charge in [0, 0.05) is 6.54 Å². The maximum Gasteiger partial charge on any atom is 0.410 e. The predicted molar refractivity (Wildman–Crippen MR) is 74.4 cm³/mol. The van der Waals surface area contributed by atoms with Crippen LogP contribution in [0.1, 0.15) is 46.5 Å². The zero-order valence-corrected chi connectivity index (χ0v) is 12.4. The van der Waals surface area contributed by atoms with Crippen molar-refractivity contribution in [2.24, 2.45) is 5.41 Å². The van der Waals surface area contributed by atoms with E-state index in [0.717, 1.165) is 12.8 Å². The zero-order valence-electron chi connectivity index (χ0n) is 12.4. The minimum absolute atomic E-state index is 0.273. The number of aliphatic carboxylic acids is 1. The van der Waals surface area contributed by atoms with Crippen LogP contribution < -0.4 is 0 Å². The van der Waals surface area contributed by atoms with Gasteiger partial charge in [-0.2, -0.15) is 0 Å². The van der Waals surface area contributed by atoms with E-state index in [9.17, 15) is 14.7 Å². The molecule has 0 aromatic rings. The van der Waals surface area contributed by atoms with Gasteiger partial charge in [0.1, 0.15) is 5.60 Å². The molecule has 1 amide bonds. The highest BCUT2D eigenvalue weighted by molar-refractivity contribution is 5.78. The van der Waals surface area contributed by atoms with Crippen LogP contribution in [0.3, 0.4) is 0 Å². The Labute approximate surface area is 119 Å². The van der Waals surface area contributed by atoms with E-state index in [4.69, 9.17) is 4.74 Å². The van der Waals surface area contributed by atoms with Crippen LogP contribution in [0.5, 0.6) is 0 Å². The Kier molecular flexibility index (Phi) is 3.80. The number of hydrogen-bond acceptors (Lipinski definition) is 3. The van der Waals surface area contributed by atoms with Crippen molar-refractivity contribution in [3.63, 3.8) is 0 Å². The van der Waals surface area contributed by atoms with Crippen molar-refractivity contribution in [3.05, 3.63) is 12.2 Å². The minimum Gasteiger partial charge on any atom is -0.481 e. The molecule has 0 aromatic heterocycles. The van der Waals surface area contributed by atoms with Gasteiger partial charge >= 0.3 is 12.1 Å². The molecule has 5 heteroatoms. The average Bonchev–Trinajstić information content (AvgIpc) is 2.63. The van der Waals surface area contributed by atoms with Crippen LogP contribution in [0, 0.1) is 5.41 Å². The number of carboxylic acid groups (broad SMARTS) is 1. The molecule has 2 rings (SSSR count). The van der Waals surface area contributed by atoms with Gasteiger partial charge in [-0.05, 0) is 40.0 Å². The van der Waals surface area contributed by atoms with Crippen molar-refractivity contribution in [2.75, 3.05) is 6.54 Å². The Morgan fingerprint density at radius 3 is 2.65 bits per heavy atom. The summed E-state index contributed by atoms with van der Waals surface area (Å²) in [6.07, 6.45) is 6.02. The lowest BCUT2D eigenvalue weighted by Gasteiger charge is -2.37. The molecule has 0 unspecified atom stereocenters. The van der Waals surface area contributed by atoms with Crippen LogP contribution >= 0.6 is 0 Å². The molecule has 0 saturated heterocycles. The van der Waals surface area contributed by atoms with E-state index >= 15 is 0 Å². The van der Waals surface area contributed by atoms with Gasteiger partial charge < -0.3 is 14.7 Å².